The Hall–Kier alpha value is -1.34. The first-order valence-electron chi connectivity index (χ1n) is 8.82. The second-order valence-electron chi connectivity index (χ2n) is 6.76. The van der Waals surface area contributed by atoms with Crippen LogP contribution in [0.1, 0.15) is 17.3 Å². The van der Waals surface area contributed by atoms with Crippen molar-refractivity contribution in [2.45, 2.75) is 19.1 Å². The standard InChI is InChI=1S/C18H26ClN3O3/c1-3-25-17-5-4-13(10-14(17)19)18(24)22-11-15(16(23)12-22)21-8-6-20(2)7-9-21/h4-5,10,15-16,23H,3,6-9,11-12H2,1-2H3/t15-,16-/m1/s1. The van der Waals surface area contributed by atoms with Crippen molar-refractivity contribution in [3.8, 4) is 5.75 Å². The SMILES string of the molecule is CCOc1ccc(C(=O)N2C[C@@H](O)[C@H](N3CCN(C)CC3)C2)cc1Cl. The van der Waals surface area contributed by atoms with Crippen LogP contribution < -0.4 is 4.74 Å². The number of aliphatic hydroxyl groups is 1. The van der Waals surface area contributed by atoms with Gasteiger partial charge in [0, 0.05) is 44.8 Å². The first kappa shape index (κ1) is 18.5. The van der Waals surface area contributed by atoms with Gasteiger partial charge in [0.05, 0.1) is 23.8 Å². The number of amides is 1. The zero-order chi connectivity index (χ0) is 18.0. The molecule has 0 saturated carbocycles. The number of ether oxygens (including phenoxy) is 1. The molecule has 2 saturated heterocycles. The molecule has 1 aromatic carbocycles. The molecule has 1 N–H and O–H groups in total. The zero-order valence-electron chi connectivity index (χ0n) is 14.8. The number of rotatable bonds is 4. The fraction of sp³-hybridized carbons (Fsp3) is 0.611. The summed E-state index contributed by atoms with van der Waals surface area (Å²) in [5.41, 5.74) is 0.527. The lowest BCUT2D eigenvalue weighted by atomic mass is 10.1. The van der Waals surface area contributed by atoms with E-state index < -0.39 is 6.10 Å². The minimum Gasteiger partial charge on any atom is -0.492 e. The third-order valence-corrected chi connectivity index (χ3v) is 5.33. The Labute approximate surface area is 153 Å². The minimum atomic E-state index is -0.509. The van der Waals surface area contributed by atoms with Crippen LogP contribution in [0.2, 0.25) is 5.02 Å². The van der Waals surface area contributed by atoms with Gasteiger partial charge in [-0.3, -0.25) is 9.69 Å². The van der Waals surface area contributed by atoms with E-state index in [0.717, 1.165) is 26.2 Å². The molecule has 2 fully saturated rings. The summed E-state index contributed by atoms with van der Waals surface area (Å²) in [6.45, 7) is 7.16. The van der Waals surface area contributed by atoms with Crippen LogP contribution >= 0.6 is 11.6 Å². The maximum Gasteiger partial charge on any atom is 0.254 e. The molecule has 1 aromatic rings. The molecule has 25 heavy (non-hydrogen) atoms. The topological polar surface area (TPSA) is 56.2 Å². The molecular formula is C18H26ClN3O3. The number of aliphatic hydroxyl groups excluding tert-OH is 1. The van der Waals surface area contributed by atoms with Gasteiger partial charge in [0.2, 0.25) is 0 Å². The number of halogens is 1. The molecule has 0 unspecified atom stereocenters. The highest BCUT2D eigenvalue weighted by Crippen LogP contribution is 2.27. The molecule has 0 aliphatic carbocycles. The molecule has 2 aliphatic heterocycles. The predicted octanol–water partition coefficient (Wildman–Crippen LogP) is 1.17. The van der Waals surface area contributed by atoms with Crippen molar-refractivity contribution in [1.82, 2.24) is 14.7 Å². The Kier molecular flexibility index (Phi) is 5.84. The summed E-state index contributed by atoms with van der Waals surface area (Å²) in [6.07, 6.45) is -0.509. The van der Waals surface area contributed by atoms with Crippen molar-refractivity contribution >= 4 is 17.5 Å². The second kappa shape index (κ2) is 7.91. The van der Waals surface area contributed by atoms with Crippen molar-refractivity contribution in [3.05, 3.63) is 28.8 Å². The highest BCUT2D eigenvalue weighted by molar-refractivity contribution is 6.32. The first-order valence-corrected chi connectivity index (χ1v) is 9.19. The average Bonchev–Trinajstić information content (AvgIpc) is 2.99. The number of piperazine rings is 1. The highest BCUT2D eigenvalue weighted by Gasteiger charge is 2.38. The number of β-amino-alcohol motifs (C(OH)–C–C–N with tert-alkyl or cyclic N) is 1. The van der Waals surface area contributed by atoms with Gasteiger partial charge in [0.15, 0.2) is 0 Å². The fourth-order valence-corrected chi connectivity index (χ4v) is 3.77. The Morgan fingerprint density at radius 3 is 2.64 bits per heavy atom. The minimum absolute atomic E-state index is 0.0100. The van der Waals surface area contributed by atoms with Gasteiger partial charge in [0.1, 0.15) is 5.75 Å². The van der Waals surface area contributed by atoms with Crippen molar-refractivity contribution < 1.29 is 14.6 Å². The van der Waals surface area contributed by atoms with E-state index >= 15 is 0 Å². The number of likely N-dealkylation sites (tertiary alicyclic amines) is 1. The molecule has 2 atom stereocenters. The van der Waals surface area contributed by atoms with Crippen LogP contribution in [-0.4, -0.2) is 90.8 Å². The van der Waals surface area contributed by atoms with Crippen molar-refractivity contribution in [1.29, 1.82) is 0 Å². The molecule has 0 aromatic heterocycles. The van der Waals surface area contributed by atoms with Gasteiger partial charge in [-0.1, -0.05) is 11.6 Å². The van der Waals surface area contributed by atoms with Gasteiger partial charge in [-0.05, 0) is 32.2 Å². The Balaban J connectivity index is 1.66. The Bertz CT molecular complexity index is 620. The molecule has 6 nitrogen and oxygen atoms in total. The van der Waals surface area contributed by atoms with E-state index in [2.05, 4.69) is 16.8 Å². The van der Waals surface area contributed by atoms with E-state index in [-0.39, 0.29) is 11.9 Å². The van der Waals surface area contributed by atoms with Crippen LogP contribution in [0.15, 0.2) is 18.2 Å². The molecular weight excluding hydrogens is 342 g/mol. The lowest BCUT2D eigenvalue weighted by molar-refractivity contribution is 0.0512. The van der Waals surface area contributed by atoms with Gasteiger partial charge < -0.3 is 19.6 Å². The summed E-state index contributed by atoms with van der Waals surface area (Å²) in [7, 11) is 2.11. The van der Waals surface area contributed by atoms with E-state index in [1.54, 1.807) is 23.1 Å². The number of hydrogen-bond acceptors (Lipinski definition) is 5. The van der Waals surface area contributed by atoms with Gasteiger partial charge in [-0.15, -0.1) is 0 Å². The maximum absolute atomic E-state index is 12.8. The van der Waals surface area contributed by atoms with E-state index in [4.69, 9.17) is 16.3 Å². The average molecular weight is 368 g/mol. The lowest BCUT2D eigenvalue weighted by Crippen LogP contribution is -2.52. The summed E-state index contributed by atoms with van der Waals surface area (Å²) in [6, 6.07) is 5.11. The van der Waals surface area contributed by atoms with Crippen LogP contribution in [0.3, 0.4) is 0 Å². The van der Waals surface area contributed by atoms with Gasteiger partial charge >= 0.3 is 0 Å². The van der Waals surface area contributed by atoms with E-state index in [0.29, 0.717) is 36.0 Å². The number of benzene rings is 1. The lowest BCUT2D eigenvalue weighted by Gasteiger charge is -2.37. The third kappa shape index (κ3) is 4.08. The van der Waals surface area contributed by atoms with Crippen LogP contribution in [0.5, 0.6) is 5.75 Å². The number of hydrogen-bond donors (Lipinski definition) is 1. The molecule has 2 aliphatic rings. The molecule has 7 heteroatoms. The molecule has 0 bridgehead atoms. The fourth-order valence-electron chi connectivity index (χ4n) is 3.54. The van der Waals surface area contributed by atoms with E-state index in [1.807, 2.05) is 6.92 Å². The molecule has 3 rings (SSSR count). The summed E-state index contributed by atoms with van der Waals surface area (Å²) in [5.74, 6) is 0.484. The number of likely N-dealkylation sites (N-methyl/N-ethyl adjacent to an activating group) is 1. The molecule has 0 radical (unpaired) electrons. The molecule has 2 heterocycles. The van der Waals surface area contributed by atoms with Crippen LogP contribution in [0.25, 0.3) is 0 Å². The predicted molar refractivity (Wildman–Crippen MR) is 97.4 cm³/mol. The smallest absolute Gasteiger partial charge is 0.254 e. The number of carbonyl (C=O) groups is 1. The summed E-state index contributed by atoms with van der Waals surface area (Å²) in [4.78, 5) is 19.1. The number of nitrogens with zero attached hydrogens (tertiary/aromatic N) is 3. The molecule has 0 spiro atoms. The van der Waals surface area contributed by atoms with Crippen molar-refractivity contribution in [3.63, 3.8) is 0 Å². The van der Waals surface area contributed by atoms with E-state index in [9.17, 15) is 9.90 Å². The first-order chi connectivity index (χ1) is 12.0. The highest BCUT2D eigenvalue weighted by atomic mass is 35.5. The normalized spacial score (nSPS) is 25.4. The third-order valence-electron chi connectivity index (χ3n) is 5.03. The van der Waals surface area contributed by atoms with Crippen molar-refractivity contribution in [2.75, 3.05) is 52.9 Å². The van der Waals surface area contributed by atoms with Crippen LogP contribution in [0, 0.1) is 0 Å². The van der Waals surface area contributed by atoms with Crippen LogP contribution in [-0.2, 0) is 0 Å². The van der Waals surface area contributed by atoms with Gasteiger partial charge in [-0.2, -0.15) is 0 Å². The Morgan fingerprint density at radius 2 is 2.00 bits per heavy atom. The molecule has 1 amide bonds. The number of carbonyl (C=O) groups excluding carboxylic acids is 1. The van der Waals surface area contributed by atoms with Crippen LogP contribution in [0.4, 0.5) is 0 Å². The summed E-state index contributed by atoms with van der Waals surface area (Å²) < 4.78 is 5.41. The largest absolute Gasteiger partial charge is 0.492 e. The summed E-state index contributed by atoms with van der Waals surface area (Å²) in [5, 5.41) is 10.9. The van der Waals surface area contributed by atoms with Crippen molar-refractivity contribution in [2.24, 2.45) is 0 Å². The maximum atomic E-state index is 12.8. The summed E-state index contributed by atoms with van der Waals surface area (Å²) >= 11 is 6.19. The monoisotopic (exact) mass is 367 g/mol. The second-order valence-corrected chi connectivity index (χ2v) is 7.17. The van der Waals surface area contributed by atoms with Gasteiger partial charge in [0.25, 0.3) is 5.91 Å². The van der Waals surface area contributed by atoms with Gasteiger partial charge in [-0.25, -0.2) is 0 Å². The molecule has 138 valence electrons. The Morgan fingerprint density at radius 1 is 1.28 bits per heavy atom. The van der Waals surface area contributed by atoms with E-state index in [1.165, 1.54) is 0 Å². The zero-order valence-corrected chi connectivity index (χ0v) is 15.6. The quantitative estimate of drug-likeness (QED) is 0.865.